The summed E-state index contributed by atoms with van der Waals surface area (Å²) in [5.74, 6) is 0.404. The summed E-state index contributed by atoms with van der Waals surface area (Å²) < 4.78 is 28.7. The molecule has 1 aliphatic rings. The van der Waals surface area contributed by atoms with E-state index in [4.69, 9.17) is 4.98 Å². The smallest absolute Gasteiger partial charge is 0.319 e. The Balaban J connectivity index is 1.39. The predicted octanol–water partition coefficient (Wildman–Crippen LogP) is 3.00. The van der Waals surface area contributed by atoms with Crippen LogP contribution in [-0.2, 0) is 12.0 Å². The van der Waals surface area contributed by atoms with E-state index in [1.165, 1.54) is 12.4 Å². The Labute approximate surface area is 160 Å². The average Bonchev–Trinajstić information content (AvgIpc) is 3.28. The zero-order valence-electron chi connectivity index (χ0n) is 15.6. The SMILES string of the molecule is CC(C)(C)c1cn2nc(N3CCN(Cc4nccn4C(F)F)CC3)sc2n1. The molecule has 0 amide bonds. The van der Waals surface area contributed by atoms with Crippen molar-refractivity contribution >= 4 is 21.4 Å². The van der Waals surface area contributed by atoms with E-state index in [2.05, 4.69) is 40.7 Å². The Kier molecular flexibility index (Phi) is 4.63. The molecule has 0 unspecified atom stereocenters. The van der Waals surface area contributed by atoms with Crippen LogP contribution in [0.3, 0.4) is 0 Å². The van der Waals surface area contributed by atoms with E-state index in [1.807, 2.05) is 10.7 Å². The molecule has 0 spiro atoms. The minimum atomic E-state index is -2.55. The number of aromatic nitrogens is 5. The molecule has 4 rings (SSSR count). The van der Waals surface area contributed by atoms with E-state index >= 15 is 0 Å². The molecule has 0 aromatic carbocycles. The fraction of sp³-hybridized carbons (Fsp3) is 0.588. The Morgan fingerprint density at radius 2 is 1.93 bits per heavy atom. The molecule has 1 aliphatic heterocycles. The first-order valence-electron chi connectivity index (χ1n) is 8.95. The lowest BCUT2D eigenvalue weighted by Gasteiger charge is -2.34. The maximum absolute atomic E-state index is 13.0. The highest BCUT2D eigenvalue weighted by Crippen LogP contribution is 2.28. The van der Waals surface area contributed by atoms with Crippen LogP contribution in [0.2, 0.25) is 0 Å². The second-order valence-corrected chi connectivity index (χ2v) is 8.71. The summed E-state index contributed by atoms with van der Waals surface area (Å²) in [5, 5.41) is 5.62. The third-order valence-electron chi connectivity index (χ3n) is 4.77. The van der Waals surface area contributed by atoms with Gasteiger partial charge in [-0.1, -0.05) is 32.1 Å². The maximum Gasteiger partial charge on any atom is 0.319 e. The van der Waals surface area contributed by atoms with Crippen LogP contribution in [0.15, 0.2) is 18.6 Å². The van der Waals surface area contributed by atoms with Gasteiger partial charge in [0.25, 0.3) is 0 Å². The van der Waals surface area contributed by atoms with Gasteiger partial charge in [0.1, 0.15) is 5.82 Å². The number of nitrogens with zero attached hydrogens (tertiary/aromatic N) is 7. The number of hydrogen-bond acceptors (Lipinski definition) is 6. The largest absolute Gasteiger partial charge is 0.344 e. The van der Waals surface area contributed by atoms with Gasteiger partial charge in [-0.3, -0.25) is 9.47 Å². The quantitative estimate of drug-likeness (QED) is 0.680. The van der Waals surface area contributed by atoms with Gasteiger partial charge in [0.2, 0.25) is 10.1 Å². The van der Waals surface area contributed by atoms with Crippen LogP contribution >= 0.6 is 11.3 Å². The number of halogens is 2. The van der Waals surface area contributed by atoms with Crippen LogP contribution in [0.5, 0.6) is 0 Å². The fourth-order valence-electron chi connectivity index (χ4n) is 3.12. The summed E-state index contributed by atoms with van der Waals surface area (Å²) in [7, 11) is 0. The molecule has 1 saturated heterocycles. The molecule has 1 fully saturated rings. The van der Waals surface area contributed by atoms with Crippen molar-refractivity contribution in [2.75, 3.05) is 31.1 Å². The molecule has 0 N–H and O–H groups in total. The number of imidazole rings is 2. The van der Waals surface area contributed by atoms with Crippen molar-refractivity contribution in [3.8, 4) is 0 Å². The van der Waals surface area contributed by atoms with Crippen LogP contribution in [-0.4, -0.2) is 55.2 Å². The first-order valence-corrected chi connectivity index (χ1v) is 9.77. The highest BCUT2D eigenvalue weighted by atomic mass is 32.1. The van der Waals surface area contributed by atoms with Crippen LogP contribution in [0, 0.1) is 0 Å². The molecule has 27 heavy (non-hydrogen) atoms. The number of rotatable bonds is 4. The number of fused-ring (bicyclic) bond motifs is 1. The molecule has 0 saturated carbocycles. The lowest BCUT2D eigenvalue weighted by molar-refractivity contribution is 0.0637. The van der Waals surface area contributed by atoms with E-state index in [0.29, 0.717) is 12.4 Å². The normalized spacial score (nSPS) is 16.7. The van der Waals surface area contributed by atoms with Crippen molar-refractivity contribution in [2.24, 2.45) is 0 Å². The minimum Gasteiger partial charge on any atom is -0.344 e. The number of hydrogen-bond donors (Lipinski definition) is 0. The van der Waals surface area contributed by atoms with E-state index in [1.54, 1.807) is 11.3 Å². The monoisotopic (exact) mass is 395 g/mol. The minimum absolute atomic E-state index is 0.00311. The molecule has 10 heteroatoms. The van der Waals surface area contributed by atoms with Gasteiger partial charge < -0.3 is 4.90 Å². The van der Waals surface area contributed by atoms with Gasteiger partial charge >= 0.3 is 6.55 Å². The van der Waals surface area contributed by atoms with Crippen molar-refractivity contribution < 1.29 is 8.78 Å². The number of anilines is 1. The van der Waals surface area contributed by atoms with Gasteiger partial charge in [0, 0.05) is 44.0 Å². The molecule has 4 heterocycles. The first-order chi connectivity index (χ1) is 12.8. The van der Waals surface area contributed by atoms with Crippen LogP contribution in [0.4, 0.5) is 13.9 Å². The zero-order valence-corrected chi connectivity index (χ0v) is 16.5. The third-order valence-corrected chi connectivity index (χ3v) is 5.75. The van der Waals surface area contributed by atoms with Crippen molar-refractivity contribution in [2.45, 2.75) is 39.3 Å². The van der Waals surface area contributed by atoms with Gasteiger partial charge in [-0.15, -0.1) is 5.10 Å². The van der Waals surface area contributed by atoms with Crippen molar-refractivity contribution in [3.63, 3.8) is 0 Å². The van der Waals surface area contributed by atoms with Crippen molar-refractivity contribution in [1.82, 2.24) is 29.0 Å². The summed E-state index contributed by atoms with van der Waals surface area (Å²) in [5.41, 5.74) is 1.04. The fourth-order valence-corrected chi connectivity index (χ4v) is 4.05. The molecule has 0 atom stereocenters. The number of piperazine rings is 1. The summed E-state index contributed by atoms with van der Waals surface area (Å²) in [6.07, 6.45) is 4.75. The molecule has 0 radical (unpaired) electrons. The Morgan fingerprint density at radius 3 is 2.56 bits per heavy atom. The molecule has 3 aromatic rings. The standard InChI is InChI=1S/C17H23F2N7S/c1-17(2,3)12-10-26-15(21-12)27-16(22-26)24-8-6-23(7-9-24)11-13-20-4-5-25(13)14(18)19/h4-5,10,14H,6-9,11H2,1-3H3. The summed E-state index contributed by atoms with van der Waals surface area (Å²) in [6, 6.07) is 0. The molecule has 0 bridgehead atoms. The Hall–Kier alpha value is -2.07. The Bertz CT molecular complexity index is 884. The summed E-state index contributed by atoms with van der Waals surface area (Å²) in [4.78, 5) is 14.0. The van der Waals surface area contributed by atoms with Gasteiger partial charge in [0.15, 0.2) is 0 Å². The molecule has 7 nitrogen and oxygen atoms in total. The lowest BCUT2D eigenvalue weighted by Crippen LogP contribution is -2.46. The van der Waals surface area contributed by atoms with Gasteiger partial charge in [-0.05, 0) is 0 Å². The van der Waals surface area contributed by atoms with E-state index in [9.17, 15) is 8.78 Å². The van der Waals surface area contributed by atoms with Crippen LogP contribution < -0.4 is 4.90 Å². The van der Waals surface area contributed by atoms with Crippen LogP contribution in [0.25, 0.3) is 4.96 Å². The molecule has 3 aromatic heterocycles. The van der Waals surface area contributed by atoms with Gasteiger partial charge in [0.05, 0.1) is 18.4 Å². The second kappa shape index (κ2) is 6.83. The van der Waals surface area contributed by atoms with Gasteiger partial charge in [-0.25, -0.2) is 14.5 Å². The summed E-state index contributed by atoms with van der Waals surface area (Å²) in [6.45, 7) is 7.47. The van der Waals surface area contributed by atoms with E-state index in [-0.39, 0.29) is 5.41 Å². The number of alkyl halides is 2. The highest BCUT2D eigenvalue weighted by Gasteiger charge is 2.24. The topological polar surface area (TPSA) is 54.5 Å². The second-order valence-electron chi connectivity index (χ2n) is 7.78. The van der Waals surface area contributed by atoms with Crippen molar-refractivity contribution in [3.05, 3.63) is 30.1 Å². The molecule has 146 valence electrons. The first kappa shape index (κ1) is 18.3. The highest BCUT2D eigenvalue weighted by molar-refractivity contribution is 7.20. The molecular formula is C17H23F2N7S. The van der Waals surface area contributed by atoms with E-state index in [0.717, 1.165) is 46.5 Å². The summed E-state index contributed by atoms with van der Waals surface area (Å²) >= 11 is 1.59. The molecular weight excluding hydrogens is 372 g/mol. The molecule has 0 aliphatic carbocycles. The maximum atomic E-state index is 13.0. The average molecular weight is 395 g/mol. The predicted molar refractivity (Wildman–Crippen MR) is 101 cm³/mol. The zero-order chi connectivity index (χ0) is 19.2. The van der Waals surface area contributed by atoms with Gasteiger partial charge in [-0.2, -0.15) is 8.78 Å². The Morgan fingerprint density at radius 1 is 1.19 bits per heavy atom. The lowest BCUT2D eigenvalue weighted by atomic mass is 9.93. The third kappa shape index (κ3) is 3.68. The van der Waals surface area contributed by atoms with Crippen LogP contribution in [0.1, 0.15) is 38.8 Å². The van der Waals surface area contributed by atoms with E-state index < -0.39 is 6.55 Å². The van der Waals surface area contributed by atoms with Crippen molar-refractivity contribution in [1.29, 1.82) is 0 Å².